The van der Waals surface area contributed by atoms with Gasteiger partial charge >= 0.3 is 6.18 Å². The summed E-state index contributed by atoms with van der Waals surface area (Å²) in [5.41, 5.74) is 2.84. The lowest BCUT2D eigenvalue weighted by molar-refractivity contribution is -0.117. The molecule has 1 unspecified atom stereocenters. The zero-order valence-corrected chi connectivity index (χ0v) is 23.4. The number of anilines is 1. The number of benzene rings is 1. The second-order valence-corrected chi connectivity index (χ2v) is 11.3. The third kappa shape index (κ3) is 7.31. The van der Waals surface area contributed by atoms with Crippen LogP contribution in [0.2, 0.25) is 5.02 Å². The zero-order chi connectivity index (χ0) is 26.6. The molecule has 0 N–H and O–H groups in total. The zero-order valence-electron chi connectivity index (χ0n) is 21.8. The summed E-state index contributed by atoms with van der Waals surface area (Å²) in [6, 6.07) is 3.71. The van der Waals surface area contributed by atoms with E-state index in [2.05, 4.69) is 21.9 Å². The molecule has 11 heteroatoms. The van der Waals surface area contributed by atoms with Gasteiger partial charge in [0.25, 0.3) is 0 Å². The fourth-order valence-electron chi connectivity index (χ4n) is 4.76. The molecule has 6 nitrogen and oxygen atoms in total. The summed E-state index contributed by atoms with van der Waals surface area (Å²) in [6.45, 7) is 9.14. The molecule has 1 aromatic heterocycles. The van der Waals surface area contributed by atoms with Crippen LogP contribution < -0.4 is 4.31 Å². The smallest absolute Gasteiger partial charge is 0.410 e. The summed E-state index contributed by atoms with van der Waals surface area (Å²) in [5.74, 6) is 0. The maximum atomic E-state index is 13.7. The van der Waals surface area contributed by atoms with Gasteiger partial charge in [-0.15, -0.1) is 0 Å². The third-order valence-corrected chi connectivity index (χ3v) is 8.68. The van der Waals surface area contributed by atoms with E-state index >= 15 is 0 Å². The van der Waals surface area contributed by atoms with Crippen LogP contribution >= 0.6 is 11.6 Å². The standard InChI is InChI=1S/C25H37ClF3N5OS/c1-6-21-15-20(9-7-11-33-12-8-10-31(4)13-14-33)16-22(26)24(21)36(35)34(17-25(27,28)29)23-18(2)30-32(5)19(23)3/h15-16H,6-14,17H2,1-5H3. The van der Waals surface area contributed by atoms with Gasteiger partial charge in [0.15, 0.2) is 6.54 Å². The van der Waals surface area contributed by atoms with Gasteiger partial charge in [0.1, 0.15) is 17.0 Å². The van der Waals surface area contributed by atoms with Gasteiger partial charge in [0.05, 0.1) is 16.4 Å². The number of nitrogens with zero attached hydrogens (tertiary/aromatic N) is 5. The Kier molecular flexibility index (Phi) is 10.0. The van der Waals surface area contributed by atoms with Crippen molar-refractivity contribution >= 4 is 28.7 Å². The number of halogens is 4. The first kappa shape index (κ1) is 29.1. The Morgan fingerprint density at radius 3 is 2.47 bits per heavy atom. The molecule has 1 fully saturated rings. The molecule has 1 aliphatic heterocycles. The minimum absolute atomic E-state index is 0.221. The van der Waals surface area contributed by atoms with Crippen LogP contribution in [-0.2, 0) is 31.3 Å². The number of hydrogen-bond acceptors (Lipinski definition) is 5. The number of rotatable bonds is 9. The van der Waals surface area contributed by atoms with Crippen LogP contribution in [0.3, 0.4) is 0 Å². The van der Waals surface area contributed by atoms with Crippen LogP contribution in [0.15, 0.2) is 17.0 Å². The van der Waals surface area contributed by atoms with Gasteiger partial charge in [-0.05, 0) is 77.8 Å². The topological polar surface area (TPSA) is 50.6 Å². The molecule has 1 saturated heterocycles. The molecular formula is C25H37ClF3N5OS. The predicted molar refractivity (Wildman–Crippen MR) is 140 cm³/mol. The van der Waals surface area contributed by atoms with Crippen molar-refractivity contribution in [2.75, 3.05) is 50.6 Å². The first-order valence-electron chi connectivity index (χ1n) is 12.4. The van der Waals surface area contributed by atoms with Crippen molar-refractivity contribution in [2.24, 2.45) is 7.05 Å². The number of likely N-dealkylation sites (N-methyl/N-ethyl adjacent to an activating group) is 1. The highest BCUT2D eigenvalue weighted by Crippen LogP contribution is 2.37. The van der Waals surface area contributed by atoms with Crippen LogP contribution in [0, 0.1) is 13.8 Å². The average Bonchev–Trinajstić information content (AvgIpc) is 2.92. The lowest BCUT2D eigenvalue weighted by Crippen LogP contribution is -2.40. The SMILES string of the molecule is CCc1cc(CCCN2CCCN(C)CC2)cc(Cl)c1[S+]([O-])N(CC(F)(F)F)c1c(C)nn(C)c1C. The maximum absolute atomic E-state index is 13.7. The number of hydrogen-bond donors (Lipinski definition) is 0. The van der Waals surface area contributed by atoms with E-state index in [4.69, 9.17) is 11.6 Å². The monoisotopic (exact) mass is 547 g/mol. The van der Waals surface area contributed by atoms with Crippen molar-refractivity contribution in [3.05, 3.63) is 39.7 Å². The van der Waals surface area contributed by atoms with Crippen molar-refractivity contribution in [1.29, 1.82) is 0 Å². The van der Waals surface area contributed by atoms with E-state index in [-0.39, 0.29) is 15.6 Å². The Labute approximate surface area is 220 Å². The molecule has 0 aliphatic carbocycles. The maximum Gasteiger partial charge on any atom is 0.410 e. The summed E-state index contributed by atoms with van der Waals surface area (Å²) < 4.78 is 56.9. The molecule has 1 aliphatic rings. The van der Waals surface area contributed by atoms with E-state index in [0.29, 0.717) is 23.4 Å². The van der Waals surface area contributed by atoms with Crippen molar-refractivity contribution in [1.82, 2.24) is 19.6 Å². The first-order valence-corrected chi connectivity index (χ1v) is 13.9. The molecule has 0 radical (unpaired) electrons. The van der Waals surface area contributed by atoms with Gasteiger partial charge in [0.2, 0.25) is 4.90 Å². The van der Waals surface area contributed by atoms with Gasteiger partial charge in [-0.2, -0.15) is 22.6 Å². The summed E-state index contributed by atoms with van der Waals surface area (Å²) in [7, 11) is 3.81. The second kappa shape index (κ2) is 12.4. The lowest BCUT2D eigenvalue weighted by Gasteiger charge is -2.28. The van der Waals surface area contributed by atoms with Gasteiger partial charge in [-0.25, -0.2) is 0 Å². The van der Waals surface area contributed by atoms with Crippen LogP contribution in [-0.4, -0.2) is 76.6 Å². The quantitative estimate of drug-likeness (QED) is 0.417. The molecule has 36 heavy (non-hydrogen) atoms. The fourth-order valence-corrected chi connectivity index (χ4v) is 6.79. The largest absolute Gasteiger partial charge is 0.588 e. The summed E-state index contributed by atoms with van der Waals surface area (Å²) in [4.78, 5) is 5.07. The van der Waals surface area contributed by atoms with Gasteiger partial charge < -0.3 is 14.4 Å². The van der Waals surface area contributed by atoms with Crippen molar-refractivity contribution in [3.63, 3.8) is 0 Å². The third-order valence-electron chi connectivity index (χ3n) is 6.73. The first-order chi connectivity index (χ1) is 16.9. The number of aryl methyl sites for hydroxylation is 4. The minimum atomic E-state index is -4.55. The van der Waals surface area contributed by atoms with Crippen LogP contribution in [0.25, 0.3) is 0 Å². The highest BCUT2D eigenvalue weighted by molar-refractivity contribution is 7.93. The van der Waals surface area contributed by atoms with Crippen LogP contribution in [0.1, 0.15) is 42.3 Å². The number of aromatic nitrogens is 2. The molecule has 2 aromatic rings. The minimum Gasteiger partial charge on any atom is -0.588 e. The Hall–Kier alpha value is -1.46. The second-order valence-electron chi connectivity index (χ2n) is 9.57. The Morgan fingerprint density at radius 1 is 1.14 bits per heavy atom. The molecule has 2 heterocycles. The van der Waals surface area contributed by atoms with E-state index in [1.807, 2.05) is 13.0 Å². The molecule has 1 atom stereocenters. The average molecular weight is 548 g/mol. The Morgan fingerprint density at radius 2 is 1.86 bits per heavy atom. The van der Waals surface area contributed by atoms with Crippen LogP contribution in [0.4, 0.5) is 18.9 Å². The van der Waals surface area contributed by atoms with E-state index in [1.54, 1.807) is 27.0 Å². The lowest BCUT2D eigenvalue weighted by atomic mass is 10.0. The molecule has 0 bridgehead atoms. The summed E-state index contributed by atoms with van der Waals surface area (Å²) >= 11 is 4.47. The van der Waals surface area contributed by atoms with Crippen molar-refractivity contribution in [2.45, 2.75) is 57.5 Å². The van der Waals surface area contributed by atoms with Gasteiger partial charge in [0, 0.05) is 25.7 Å². The molecule has 0 amide bonds. The molecule has 3 rings (SSSR count). The molecule has 1 aromatic carbocycles. The van der Waals surface area contributed by atoms with Gasteiger partial charge in [-0.3, -0.25) is 4.68 Å². The van der Waals surface area contributed by atoms with Gasteiger partial charge in [-0.1, -0.05) is 24.6 Å². The van der Waals surface area contributed by atoms with E-state index in [1.165, 1.54) is 4.68 Å². The molecule has 0 saturated carbocycles. The molecule has 0 spiro atoms. The van der Waals surface area contributed by atoms with E-state index < -0.39 is 24.1 Å². The fraction of sp³-hybridized carbons (Fsp3) is 0.640. The van der Waals surface area contributed by atoms with Crippen molar-refractivity contribution < 1.29 is 17.7 Å². The molecule has 202 valence electrons. The highest BCUT2D eigenvalue weighted by atomic mass is 35.5. The highest BCUT2D eigenvalue weighted by Gasteiger charge is 2.41. The summed E-state index contributed by atoms with van der Waals surface area (Å²) in [5, 5.41) is 4.47. The van der Waals surface area contributed by atoms with Crippen LogP contribution in [0.5, 0.6) is 0 Å². The summed E-state index contributed by atoms with van der Waals surface area (Å²) in [6.07, 6.45) is -1.12. The van der Waals surface area contributed by atoms with E-state index in [9.17, 15) is 17.7 Å². The van der Waals surface area contributed by atoms with Crippen molar-refractivity contribution in [3.8, 4) is 0 Å². The Bertz CT molecular complexity index is 1030. The Balaban J connectivity index is 1.83. The van der Waals surface area contributed by atoms with E-state index in [0.717, 1.165) is 61.9 Å². The predicted octanol–water partition coefficient (Wildman–Crippen LogP) is 4.91. The molecular weight excluding hydrogens is 511 g/mol. The normalized spacial score (nSPS) is 16.8. The number of alkyl halides is 3.